The number of hydrogen-bond donors (Lipinski definition) is 1. The Morgan fingerprint density at radius 3 is 2.33 bits per heavy atom. The molecule has 1 aliphatic rings. The maximum Gasteiger partial charge on any atom is 0.339 e. The van der Waals surface area contributed by atoms with Gasteiger partial charge < -0.3 is 10.1 Å². The first-order valence-electron chi connectivity index (χ1n) is 11.0. The topological polar surface area (TPSA) is 89.5 Å². The molecule has 0 unspecified atom stereocenters. The maximum atomic E-state index is 13.8. The molecule has 1 amide bonds. The third-order valence-electron chi connectivity index (χ3n) is 6.03. The van der Waals surface area contributed by atoms with E-state index in [-0.39, 0.29) is 21.8 Å². The van der Waals surface area contributed by atoms with E-state index in [9.17, 15) is 19.2 Å². The van der Waals surface area contributed by atoms with Gasteiger partial charge in [0.25, 0.3) is 5.91 Å². The number of nitrogens with one attached hydrogen (secondary N) is 1. The van der Waals surface area contributed by atoms with Gasteiger partial charge in [-0.05, 0) is 41.1 Å². The van der Waals surface area contributed by atoms with Gasteiger partial charge in [-0.1, -0.05) is 77.8 Å². The smallest absolute Gasteiger partial charge is 0.339 e. The Morgan fingerprint density at radius 2 is 1.56 bits per heavy atom. The molecular weight excluding hydrogens is 501 g/mol. The molecule has 0 radical (unpaired) electrons. The van der Waals surface area contributed by atoms with Gasteiger partial charge in [-0.15, -0.1) is 0 Å². The lowest BCUT2D eigenvalue weighted by Crippen LogP contribution is -2.38. The number of ether oxygens (including phenoxy) is 1. The number of hydrogen-bond acceptors (Lipinski definition) is 5. The standard InChI is InChI=1S/C28H17Cl2NO5/c29-18-11-12-22(21(30)14-18)31-27(34)25(33)23(26-19-7-3-4-8-20(19)28(35)36-26)24(32)17-10-9-15-5-1-2-6-16(15)13-17/h1-14,23,26H,(H,31,34)/t23-,26-/m0/s1. The van der Waals surface area contributed by atoms with Crippen LogP contribution in [0.2, 0.25) is 10.0 Å². The van der Waals surface area contributed by atoms with Crippen LogP contribution in [0.15, 0.2) is 84.9 Å². The first-order chi connectivity index (χ1) is 17.3. The predicted molar refractivity (Wildman–Crippen MR) is 136 cm³/mol. The lowest BCUT2D eigenvalue weighted by atomic mass is 9.84. The third kappa shape index (κ3) is 4.37. The summed E-state index contributed by atoms with van der Waals surface area (Å²) in [6, 6.07) is 23.3. The molecule has 4 aromatic rings. The molecule has 0 aromatic heterocycles. The summed E-state index contributed by atoms with van der Waals surface area (Å²) < 4.78 is 5.48. The summed E-state index contributed by atoms with van der Waals surface area (Å²) in [5.41, 5.74) is 0.977. The monoisotopic (exact) mass is 517 g/mol. The normalized spacial score (nSPS) is 15.2. The predicted octanol–water partition coefficient (Wildman–Crippen LogP) is 6.07. The van der Waals surface area contributed by atoms with Crippen molar-refractivity contribution in [2.24, 2.45) is 5.92 Å². The molecule has 0 saturated carbocycles. The molecule has 1 heterocycles. The highest BCUT2D eigenvalue weighted by molar-refractivity contribution is 6.46. The Kier molecular flexibility index (Phi) is 6.31. The van der Waals surface area contributed by atoms with E-state index < -0.39 is 35.5 Å². The van der Waals surface area contributed by atoms with Crippen molar-refractivity contribution >= 4 is 63.1 Å². The zero-order valence-electron chi connectivity index (χ0n) is 18.5. The highest BCUT2D eigenvalue weighted by atomic mass is 35.5. The van der Waals surface area contributed by atoms with E-state index in [4.69, 9.17) is 27.9 Å². The molecule has 0 bridgehead atoms. The van der Waals surface area contributed by atoms with Crippen LogP contribution in [0, 0.1) is 5.92 Å². The molecule has 5 rings (SSSR count). The highest BCUT2D eigenvalue weighted by Gasteiger charge is 2.46. The van der Waals surface area contributed by atoms with Crippen molar-refractivity contribution in [2.75, 3.05) is 5.32 Å². The quantitative estimate of drug-likeness (QED) is 0.145. The molecule has 2 atom stereocenters. The molecule has 0 spiro atoms. The number of cyclic esters (lactones) is 1. The molecule has 6 nitrogen and oxygen atoms in total. The molecule has 36 heavy (non-hydrogen) atoms. The van der Waals surface area contributed by atoms with Crippen LogP contribution in [0.25, 0.3) is 10.8 Å². The van der Waals surface area contributed by atoms with Gasteiger partial charge in [-0.25, -0.2) is 4.79 Å². The van der Waals surface area contributed by atoms with E-state index in [1.54, 1.807) is 42.5 Å². The first kappa shape index (κ1) is 23.7. The number of anilines is 1. The number of fused-ring (bicyclic) bond motifs is 2. The number of carbonyl (C=O) groups is 4. The molecular formula is C28H17Cl2NO5. The number of halogens is 2. The summed E-state index contributed by atoms with van der Waals surface area (Å²) in [4.78, 5) is 52.8. The SMILES string of the molecule is O=C(Nc1ccc(Cl)cc1Cl)C(=O)[C@H](C(=O)c1ccc2ccccc2c1)[C@H]1OC(=O)c2ccccc21. The van der Waals surface area contributed by atoms with Gasteiger partial charge in [0.15, 0.2) is 5.78 Å². The van der Waals surface area contributed by atoms with Crippen LogP contribution < -0.4 is 5.32 Å². The molecule has 0 fully saturated rings. The van der Waals surface area contributed by atoms with E-state index in [0.29, 0.717) is 10.6 Å². The largest absolute Gasteiger partial charge is 0.453 e. The lowest BCUT2D eigenvalue weighted by Gasteiger charge is -2.21. The number of esters is 1. The van der Waals surface area contributed by atoms with Crippen molar-refractivity contribution in [2.45, 2.75) is 6.10 Å². The highest BCUT2D eigenvalue weighted by Crippen LogP contribution is 2.38. The second-order valence-corrected chi connectivity index (χ2v) is 9.10. The maximum absolute atomic E-state index is 13.8. The van der Waals surface area contributed by atoms with E-state index in [2.05, 4.69) is 5.32 Å². The Morgan fingerprint density at radius 1 is 0.833 bits per heavy atom. The Bertz CT molecular complexity index is 1560. The molecule has 0 saturated heterocycles. The molecule has 0 aliphatic carbocycles. The second kappa shape index (κ2) is 9.57. The second-order valence-electron chi connectivity index (χ2n) is 8.26. The van der Waals surface area contributed by atoms with Crippen LogP contribution in [0.3, 0.4) is 0 Å². The molecule has 1 N–H and O–H groups in total. The summed E-state index contributed by atoms with van der Waals surface area (Å²) >= 11 is 12.0. The van der Waals surface area contributed by atoms with Crippen LogP contribution in [-0.4, -0.2) is 23.4 Å². The van der Waals surface area contributed by atoms with Gasteiger partial charge in [0.2, 0.25) is 5.78 Å². The molecule has 178 valence electrons. The Labute approximate surface area is 215 Å². The average molecular weight is 518 g/mol. The van der Waals surface area contributed by atoms with Crippen molar-refractivity contribution in [3.63, 3.8) is 0 Å². The summed E-state index contributed by atoms with van der Waals surface area (Å²) in [5.74, 6) is -5.05. The summed E-state index contributed by atoms with van der Waals surface area (Å²) in [6.07, 6.45) is -1.26. The van der Waals surface area contributed by atoms with Gasteiger partial charge in [-0.2, -0.15) is 0 Å². The lowest BCUT2D eigenvalue weighted by molar-refractivity contribution is -0.138. The van der Waals surface area contributed by atoms with E-state index >= 15 is 0 Å². The number of benzene rings is 4. The number of carbonyl (C=O) groups excluding carboxylic acids is 4. The molecule has 4 aromatic carbocycles. The average Bonchev–Trinajstić information content (AvgIpc) is 3.21. The van der Waals surface area contributed by atoms with Crippen molar-refractivity contribution in [1.29, 1.82) is 0 Å². The fraction of sp³-hybridized carbons (Fsp3) is 0.0714. The number of rotatable bonds is 6. The van der Waals surface area contributed by atoms with E-state index in [1.807, 2.05) is 24.3 Å². The minimum Gasteiger partial charge on any atom is -0.453 e. The van der Waals surface area contributed by atoms with Gasteiger partial charge in [0, 0.05) is 16.1 Å². The molecule has 1 aliphatic heterocycles. The van der Waals surface area contributed by atoms with Crippen molar-refractivity contribution < 1.29 is 23.9 Å². The minimum absolute atomic E-state index is 0.124. The van der Waals surface area contributed by atoms with Crippen LogP contribution in [0.4, 0.5) is 5.69 Å². The van der Waals surface area contributed by atoms with Crippen LogP contribution in [-0.2, 0) is 14.3 Å². The van der Waals surface area contributed by atoms with E-state index in [1.165, 1.54) is 18.2 Å². The zero-order valence-corrected chi connectivity index (χ0v) is 20.0. The summed E-state index contributed by atoms with van der Waals surface area (Å²) in [7, 11) is 0. The fourth-order valence-electron chi connectivity index (χ4n) is 4.25. The third-order valence-corrected chi connectivity index (χ3v) is 6.57. The first-order valence-corrected chi connectivity index (χ1v) is 11.7. The van der Waals surface area contributed by atoms with Crippen LogP contribution >= 0.6 is 23.2 Å². The zero-order chi connectivity index (χ0) is 25.4. The van der Waals surface area contributed by atoms with E-state index in [0.717, 1.165) is 10.8 Å². The fourth-order valence-corrected chi connectivity index (χ4v) is 4.71. The van der Waals surface area contributed by atoms with Crippen LogP contribution in [0.5, 0.6) is 0 Å². The number of amides is 1. The molecule has 8 heteroatoms. The summed E-state index contributed by atoms with van der Waals surface area (Å²) in [5, 5.41) is 4.61. The Hall–Kier alpha value is -4.00. The Balaban J connectivity index is 1.54. The van der Waals surface area contributed by atoms with Gasteiger partial charge in [-0.3, -0.25) is 14.4 Å². The van der Waals surface area contributed by atoms with Gasteiger partial charge in [0.05, 0.1) is 16.3 Å². The minimum atomic E-state index is -1.61. The summed E-state index contributed by atoms with van der Waals surface area (Å²) in [6.45, 7) is 0. The van der Waals surface area contributed by atoms with Gasteiger partial charge in [0.1, 0.15) is 12.0 Å². The number of Topliss-reactive ketones (excluding diaryl/α,β-unsaturated/α-hetero) is 2. The van der Waals surface area contributed by atoms with Gasteiger partial charge >= 0.3 is 5.97 Å². The van der Waals surface area contributed by atoms with Crippen molar-refractivity contribution in [3.8, 4) is 0 Å². The number of ketones is 2. The van der Waals surface area contributed by atoms with Crippen molar-refractivity contribution in [3.05, 3.63) is 112 Å². The van der Waals surface area contributed by atoms with Crippen molar-refractivity contribution in [1.82, 2.24) is 0 Å². The van der Waals surface area contributed by atoms with Crippen LogP contribution in [0.1, 0.15) is 32.4 Å².